The van der Waals surface area contributed by atoms with E-state index in [2.05, 4.69) is 11.1 Å². The number of ether oxygens (including phenoxy) is 1. The number of esters is 1. The molecule has 1 rings (SSSR count). The minimum Gasteiger partial charge on any atom is -0.460 e. The predicted molar refractivity (Wildman–Crippen MR) is 68.6 cm³/mol. The Morgan fingerprint density at radius 2 is 1.95 bits per heavy atom. The molecule has 7 heteroatoms. The quantitative estimate of drug-likeness (QED) is 0.358. The maximum atomic E-state index is 11.5. The van der Waals surface area contributed by atoms with E-state index < -0.39 is 13.8 Å². The maximum absolute atomic E-state index is 11.5. The van der Waals surface area contributed by atoms with Crippen molar-refractivity contribution in [3.8, 4) is 5.75 Å². The first kappa shape index (κ1) is 15.4. The van der Waals surface area contributed by atoms with Gasteiger partial charge in [-0.3, -0.25) is 9.42 Å². The van der Waals surface area contributed by atoms with Crippen LogP contribution in [0.25, 0.3) is 0 Å². The van der Waals surface area contributed by atoms with E-state index in [0.717, 1.165) is 0 Å². The Labute approximate surface area is 111 Å². The Morgan fingerprint density at radius 1 is 1.32 bits per heavy atom. The van der Waals surface area contributed by atoms with E-state index in [1.807, 2.05) is 0 Å². The van der Waals surface area contributed by atoms with Gasteiger partial charge in [-0.25, -0.2) is 9.36 Å². The van der Waals surface area contributed by atoms with Gasteiger partial charge in [0.25, 0.3) is 0 Å². The fraction of sp³-hybridized carbons (Fsp3) is 0.250. The second kappa shape index (κ2) is 7.09. The van der Waals surface area contributed by atoms with Gasteiger partial charge in [0.15, 0.2) is 0 Å². The van der Waals surface area contributed by atoms with Crippen LogP contribution in [0.1, 0.15) is 6.92 Å². The van der Waals surface area contributed by atoms with Crippen LogP contribution in [0.4, 0.5) is 0 Å². The summed E-state index contributed by atoms with van der Waals surface area (Å²) in [5.74, 6) is -0.368. The number of phosphoric ester groups is 1. The molecule has 0 saturated carbocycles. The van der Waals surface area contributed by atoms with Crippen molar-refractivity contribution in [1.29, 1.82) is 0 Å². The van der Waals surface area contributed by atoms with E-state index in [0.29, 0.717) is 0 Å². The van der Waals surface area contributed by atoms with Gasteiger partial charge >= 0.3 is 13.8 Å². The molecule has 1 atom stereocenters. The molecule has 104 valence electrons. The third kappa shape index (κ3) is 6.20. The summed E-state index contributed by atoms with van der Waals surface area (Å²) in [6.45, 7) is 4.48. The molecule has 1 aromatic carbocycles. The van der Waals surface area contributed by atoms with Crippen LogP contribution in [-0.2, 0) is 18.6 Å². The van der Waals surface area contributed by atoms with Crippen molar-refractivity contribution in [3.05, 3.63) is 42.5 Å². The summed E-state index contributed by atoms with van der Waals surface area (Å²) in [6, 6.07) is 8.10. The van der Waals surface area contributed by atoms with Crippen LogP contribution in [0.15, 0.2) is 42.5 Å². The number of hydrogen-bond acceptors (Lipinski definition) is 5. The third-order valence-corrected chi connectivity index (χ3v) is 2.83. The number of hydrogen-bond donors (Lipinski definition) is 1. The van der Waals surface area contributed by atoms with Gasteiger partial charge in [-0.2, -0.15) is 0 Å². The highest BCUT2D eigenvalue weighted by atomic mass is 31.2. The third-order valence-electron chi connectivity index (χ3n) is 1.88. The molecule has 6 nitrogen and oxygen atoms in total. The summed E-state index contributed by atoms with van der Waals surface area (Å²) in [5, 5.41) is 0. The first-order valence-electron chi connectivity index (χ1n) is 5.45. The minimum absolute atomic E-state index is 0.158. The molecule has 0 amide bonds. The van der Waals surface area contributed by atoms with Crippen LogP contribution < -0.4 is 4.52 Å². The molecule has 0 heterocycles. The SMILES string of the molecule is C=C(C)C(=O)OCCOP(=O)(O)Oc1ccccc1. The molecular weight excluding hydrogens is 271 g/mol. The van der Waals surface area contributed by atoms with Crippen molar-refractivity contribution in [2.45, 2.75) is 6.92 Å². The fourth-order valence-corrected chi connectivity index (χ4v) is 1.80. The first-order chi connectivity index (χ1) is 8.91. The molecule has 0 fully saturated rings. The Bertz CT molecular complexity index is 484. The van der Waals surface area contributed by atoms with Gasteiger partial charge < -0.3 is 9.26 Å². The lowest BCUT2D eigenvalue weighted by Crippen LogP contribution is -2.11. The van der Waals surface area contributed by atoms with Crippen LogP contribution in [0.5, 0.6) is 5.75 Å². The molecule has 0 aliphatic rings. The van der Waals surface area contributed by atoms with E-state index in [1.165, 1.54) is 19.1 Å². The van der Waals surface area contributed by atoms with Crippen molar-refractivity contribution >= 4 is 13.8 Å². The van der Waals surface area contributed by atoms with Crippen LogP contribution in [0.2, 0.25) is 0 Å². The lowest BCUT2D eigenvalue weighted by molar-refractivity contribution is -0.139. The van der Waals surface area contributed by atoms with Gasteiger partial charge in [-0.15, -0.1) is 0 Å². The zero-order valence-corrected chi connectivity index (χ0v) is 11.3. The Morgan fingerprint density at radius 3 is 2.53 bits per heavy atom. The Balaban J connectivity index is 2.33. The summed E-state index contributed by atoms with van der Waals surface area (Å²) in [5.41, 5.74) is 0.243. The Hall–Kier alpha value is -1.62. The van der Waals surface area contributed by atoms with Gasteiger partial charge in [0, 0.05) is 5.57 Å². The molecule has 0 bridgehead atoms. The summed E-state index contributed by atoms with van der Waals surface area (Å²) < 4.78 is 25.6. The standard InChI is InChI=1S/C12H15O6P/c1-10(2)12(13)16-8-9-17-19(14,15)18-11-6-4-3-5-7-11/h3-7H,1,8-9H2,2H3,(H,14,15). The van der Waals surface area contributed by atoms with Crippen LogP contribution in [0, 0.1) is 0 Å². The first-order valence-corrected chi connectivity index (χ1v) is 6.95. The summed E-state index contributed by atoms with van der Waals surface area (Å²) in [6.07, 6.45) is 0. The smallest absolute Gasteiger partial charge is 0.460 e. The average Bonchev–Trinajstić information content (AvgIpc) is 2.35. The highest BCUT2D eigenvalue weighted by molar-refractivity contribution is 7.47. The molecular formula is C12H15O6P. The fourth-order valence-electron chi connectivity index (χ4n) is 1.05. The number of carbonyl (C=O) groups is 1. The molecule has 1 aromatic rings. The van der Waals surface area contributed by atoms with Crippen LogP contribution >= 0.6 is 7.82 Å². The Kier molecular flexibility index (Phi) is 5.76. The van der Waals surface area contributed by atoms with E-state index in [4.69, 9.17) is 9.26 Å². The number of benzene rings is 1. The van der Waals surface area contributed by atoms with Gasteiger partial charge in [-0.1, -0.05) is 24.8 Å². The normalized spacial score (nSPS) is 13.4. The predicted octanol–water partition coefficient (Wildman–Crippen LogP) is 2.30. The second-order valence-electron chi connectivity index (χ2n) is 3.62. The summed E-state index contributed by atoms with van der Waals surface area (Å²) in [7, 11) is -4.21. The van der Waals surface area contributed by atoms with Crippen molar-refractivity contribution in [3.63, 3.8) is 0 Å². The number of carbonyl (C=O) groups excluding carboxylic acids is 1. The molecule has 1 unspecified atom stereocenters. The van der Waals surface area contributed by atoms with E-state index in [1.54, 1.807) is 18.2 Å². The molecule has 0 saturated heterocycles. The molecule has 0 aliphatic heterocycles. The van der Waals surface area contributed by atoms with Crippen LogP contribution in [-0.4, -0.2) is 24.1 Å². The maximum Gasteiger partial charge on any atom is 0.527 e. The molecule has 1 N–H and O–H groups in total. The van der Waals surface area contributed by atoms with Crippen molar-refractivity contribution in [1.82, 2.24) is 0 Å². The highest BCUT2D eigenvalue weighted by Gasteiger charge is 2.22. The number of para-hydroxylation sites is 1. The van der Waals surface area contributed by atoms with Gasteiger partial charge in [0.05, 0.1) is 6.61 Å². The van der Waals surface area contributed by atoms with E-state index in [9.17, 15) is 14.3 Å². The zero-order chi connectivity index (χ0) is 14.3. The lowest BCUT2D eigenvalue weighted by Gasteiger charge is -2.12. The van der Waals surface area contributed by atoms with E-state index >= 15 is 0 Å². The second-order valence-corrected chi connectivity index (χ2v) is 5.00. The number of rotatable bonds is 7. The average molecular weight is 286 g/mol. The summed E-state index contributed by atoms with van der Waals surface area (Å²) in [4.78, 5) is 20.4. The van der Waals surface area contributed by atoms with Gasteiger partial charge in [-0.05, 0) is 19.1 Å². The monoisotopic (exact) mass is 286 g/mol. The molecule has 19 heavy (non-hydrogen) atoms. The van der Waals surface area contributed by atoms with Crippen molar-refractivity contribution in [2.75, 3.05) is 13.2 Å². The molecule has 0 aromatic heterocycles. The van der Waals surface area contributed by atoms with Crippen molar-refractivity contribution in [2.24, 2.45) is 0 Å². The zero-order valence-electron chi connectivity index (χ0n) is 10.4. The van der Waals surface area contributed by atoms with Crippen molar-refractivity contribution < 1.29 is 28.0 Å². The largest absolute Gasteiger partial charge is 0.527 e. The highest BCUT2D eigenvalue weighted by Crippen LogP contribution is 2.43. The topological polar surface area (TPSA) is 82.1 Å². The lowest BCUT2D eigenvalue weighted by atomic mass is 10.3. The minimum atomic E-state index is -4.21. The van der Waals surface area contributed by atoms with Crippen LogP contribution in [0.3, 0.4) is 0 Å². The molecule has 0 spiro atoms. The van der Waals surface area contributed by atoms with Gasteiger partial charge in [0.2, 0.25) is 0 Å². The molecule has 0 aliphatic carbocycles. The molecule has 0 radical (unpaired) electrons. The summed E-state index contributed by atoms with van der Waals surface area (Å²) >= 11 is 0. The van der Waals surface area contributed by atoms with Gasteiger partial charge in [0.1, 0.15) is 12.4 Å². The van der Waals surface area contributed by atoms with E-state index in [-0.39, 0.29) is 24.5 Å². The number of phosphoric acid groups is 1.